The lowest BCUT2D eigenvalue weighted by atomic mass is 10.1. The van der Waals surface area contributed by atoms with Crippen molar-refractivity contribution in [3.05, 3.63) is 76.9 Å². The van der Waals surface area contributed by atoms with Gasteiger partial charge in [0.15, 0.2) is 11.4 Å². The van der Waals surface area contributed by atoms with Crippen LogP contribution in [0.5, 0.6) is 0 Å². The Labute approximate surface area is 179 Å². The molecule has 0 radical (unpaired) electrons. The van der Waals surface area contributed by atoms with E-state index in [9.17, 15) is 27.2 Å². The van der Waals surface area contributed by atoms with Gasteiger partial charge in [-0.1, -0.05) is 17.3 Å². The summed E-state index contributed by atoms with van der Waals surface area (Å²) >= 11 is 0. The molecule has 0 bridgehead atoms. The topological polar surface area (TPSA) is 88.9 Å². The number of nitrogens with zero attached hydrogens (tertiary/aromatic N) is 3. The van der Waals surface area contributed by atoms with Crippen LogP contribution in [0.3, 0.4) is 0 Å². The van der Waals surface area contributed by atoms with Crippen molar-refractivity contribution >= 4 is 11.8 Å². The van der Waals surface area contributed by atoms with Crippen LogP contribution in [0.1, 0.15) is 44.9 Å². The highest BCUT2D eigenvalue weighted by atomic mass is 19.4. The molecule has 2 amide bonds. The molecule has 7 nitrogen and oxygen atoms in total. The van der Waals surface area contributed by atoms with E-state index >= 15 is 0 Å². The fourth-order valence-electron chi connectivity index (χ4n) is 2.99. The van der Waals surface area contributed by atoms with Gasteiger partial charge in [0.2, 0.25) is 0 Å². The van der Waals surface area contributed by atoms with Gasteiger partial charge in [-0.25, -0.2) is 9.07 Å². The predicted octanol–water partition coefficient (Wildman–Crippen LogP) is 3.25. The van der Waals surface area contributed by atoms with Crippen molar-refractivity contribution in [2.45, 2.75) is 31.6 Å². The number of aromatic nitrogens is 3. The van der Waals surface area contributed by atoms with Gasteiger partial charge >= 0.3 is 6.18 Å². The molecule has 0 spiro atoms. The molecule has 2 N–H and O–H groups in total. The normalized spacial score (nSPS) is 13.6. The van der Waals surface area contributed by atoms with Gasteiger partial charge in [-0.05, 0) is 54.8 Å². The number of benzene rings is 2. The van der Waals surface area contributed by atoms with Crippen LogP contribution in [0.4, 0.5) is 17.6 Å². The molecule has 0 aliphatic heterocycles. The fourth-order valence-corrected chi connectivity index (χ4v) is 2.99. The van der Waals surface area contributed by atoms with E-state index in [1.165, 1.54) is 0 Å². The third-order valence-corrected chi connectivity index (χ3v) is 4.81. The van der Waals surface area contributed by atoms with Crippen LogP contribution in [0.15, 0.2) is 48.5 Å². The van der Waals surface area contributed by atoms with Gasteiger partial charge in [0.1, 0.15) is 5.82 Å². The molecule has 32 heavy (non-hydrogen) atoms. The summed E-state index contributed by atoms with van der Waals surface area (Å²) in [7, 11) is 0. The zero-order valence-corrected chi connectivity index (χ0v) is 16.5. The molecule has 1 aliphatic rings. The number of halogens is 4. The van der Waals surface area contributed by atoms with E-state index in [2.05, 4.69) is 20.9 Å². The van der Waals surface area contributed by atoms with Crippen LogP contribution in [-0.2, 0) is 12.7 Å². The van der Waals surface area contributed by atoms with Gasteiger partial charge in [-0.15, -0.1) is 5.10 Å². The summed E-state index contributed by atoms with van der Waals surface area (Å²) in [6, 6.07) is 10.7. The van der Waals surface area contributed by atoms with Gasteiger partial charge in [-0.3, -0.25) is 9.59 Å². The first-order valence-corrected chi connectivity index (χ1v) is 9.69. The SMILES string of the molecule is O=C(NC1CC1)c1ccc(CNC(=O)c2nnn(-c3ccc(F)cc3)c2C(F)(F)F)cc1. The van der Waals surface area contributed by atoms with E-state index < -0.39 is 29.3 Å². The fraction of sp³-hybridized carbons (Fsp3) is 0.238. The summed E-state index contributed by atoms with van der Waals surface area (Å²) in [5, 5.41) is 12.1. The van der Waals surface area contributed by atoms with E-state index in [-0.39, 0.29) is 24.2 Å². The molecule has 0 atom stereocenters. The third kappa shape index (κ3) is 4.76. The van der Waals surface area contributed by atoms with Crippen molar-refractivity contribution in [2.75, 3.05) is 0 Å². The minimum absolute atomic E-state index is 0.0793. The van der Waals surface area contributed by atoms with Gasteiger partial charge in [0.25, 0.3) is 11.8 Å². The highest BCUT2D eigenvalue weighted by Gasteiger charge is 2.42. The second kappa shape index (κ2) is 8.40. The van der Waals surface area contributed by atoms with Crippen molar-refractivity contribution in [2.24, 2.45) is 0 Å². The number of carbonyl (C=O) groups is 2. The summed E-state index contributed by atoms with van der Waals surface area (Å²) in [5.41, 5.74) is -1.32. The third-order valence-electron chi connectivity index (χ3n) is 4.81. The number of rotatable bonds is 6. The Morgan fingerprint density at radius 2 is 1.66 bits per heavy atom. The molecule has 1 aliphatic carbocycles. The van der Waals surface area contributed by atoms with Gasteiger partial charge < -0.3 is 10.6 Å². The largest absolute Gasteiger partial charge is 0.435 e. The van der Waals surface area contributed by atoms with Crippen molar-refractivity contribution < 1.29 is 27.2 Å². The lowest BCUT2D eigenvalue weighted by Crippen LogP contribution is -2.27. The number of nitrogens with one attached hydrogen (secondary N) is 2. The zero-order valence-electron chi connectivity index (χ0n) is 16.5. The van der Waals surface area contributed by atoms with Gasteiger partial charge in [0.05, 0.1) is 5.69 Å². The maximum absolute atomic E-state index is 13.7. The Bertz CT molecular complexity index is 1140. The number of carbonyl (C=O) groups excluding carboxylic acids is 2. The summed E-state index contributed by atoms with van der Waals surface area (Å²) in [6.45, 7) is -0.0793. The number of hydrogen-bond donors (Lipinski definition) is 2. The molecule has 1 aromatic heterocycles. The summed E-state index contributed by atoms with van der Waals surface area (Å²) in [5.74, 6) is -1.90. The van der Waals surface area contributed by atoms with Crippen molar-refractivity contribution in [1.82, 2.24) is 25.6 Å². The molecular weight excluding hydrogens is 430 g/mol. The summed E-state index contributed by atoms with van der Waals surface area (Å²) in [6.07, 6.45) is -3.01. The lowest BCUT2D eigenvalue weighted by Gasteiger charge is -2.11. The molecule has 4 rings (SSSR count). The molecule has 3 aromatic rings. The molecule has 166 valence electrons. The standard InChI is InChI=1S/C21H17F4N5O2/c22-14-5-9-16(10-6-14)30-18(21(23,24)25)17(28-29-30)20(32)26-11-12-1-3-13(4-2-12)19(31)27-15-7-8-15/h1-6,9-10,15H,7-8,11H2,(H,26,32)(H,27,31). The van der Waals surface area contributed by atoms with E-state index in [1.54, 1.807) is 24.3 Å². The Morgan fingerprint density at radius 3 is 2.25 bits per heavy atom. The summed E-state index contributed by atoms with van der Waals surface area (Å²) < 4.78 is 54.5. The minimum atomic E-state index is -4.93. The maximum Gasteiger partial charge on any atom is 0.435 e. The van der Waals surface area contributed by atoms with Crippen molar-refractivity contribution in [3.8, 4) is 5.69 Å². The molecule has 1 fully saturated rings. The van der Waals surface area contributed by atoms with Crippen LogP contribution in [0.25, 0.3) is 5.69 Å². The zero-order chi connectivity index (χ0) is 22.9. The van der Waals surface area contributed by atoms with Crippen LogP contribution >= 0.6 is 0 Å². The second-order valence-electron chi connectivity index (χ2n) is 7.30. The Balaban J connectivity index is 1.48. The highest BCUT2D eigenvalue weighted by molar-refractivity contribution is 5.95. The first-order chi connectivity index (χ1) is 15.2. The molecular formula is C21H17F4N5O2. The van der Waals surface area contributed by atoms with Crippen molar-refractivity contribution in [3.63, 3.8) is 0 Å². The highest BCUT2D eigenvalue weighted by Crippen LogP contribution is 2.32. The molecule has 1 saturated carbocycles. The maximum atomic E-state index is 13.7. The Hall–Kier alpha value is -3.76. The number of alkyl halides is 3. The van der Waals surface area contributed by atoms with E-state index in [0.29, 0.717) is 15.8 Å². The van der Waals surface area contributed by atoms with Crippen LogP contribution in [0, 0.1) is 5.82 Å². The Kier molecular flexibility index (Phi) is 5.64. The van der Waals surface area contributed by atoms with Crippen LogP contribution in [0.2, 0.25) is 0 Å². The van der Waals surface area contributed by atoms with Crippen molar-refractivity contribution in [1.29, 1.82) is 0 Å². The van der Waals surface area contributed by atoms with Gasteiger partial charge in [-0.2, -0.15) is 13.2 Å². The van der Waals surface area contributed by atoms with Gasteiger partial charge in [0, 0.05) is 18.2 Å². The molecule has 1 heterocycles. The average molecular weight is 447 g/mol. The predicted molar refractivity (Wildman–Crippen MR) is 104 cm³/mol. The molecule has 0 saturated heterocycles. The number of hydrogen-bond acceptors (Lipinski definition) is 4. The first kappa shape index (κ1) is 21.5. The van der Waals surface area contributed by atoms with Crippen LogP contribution < -0.4 is 10.6 Å². The molecule has 11 heteroatoms. The smallest absolute Gasteiger partial charge is 0.349 e. The lowest BCUT2D eigenvalue weighted by molar-refractivity contribution is -0.143. The number of amides is 2. The quantitative estimate of drug-likeness (QED) is 0.568. The molecule has 2 aromatic carbocycles. The van der Waals surface area contributed by atoms with E-state index in [1.807, 2.05) is 0 Å². The second-order valence-corrected chi connectivity index (χ2v) is 7.30. The monoisotopic (exact) mass is 447 g/mol. The minimum Gasteiger partial charge on any atom is -0.349 e. The van der Waals surface area contributed by atoms with E-state index in [0.717, 1.165) is 37.1 Å². The average Bonchev–Trinajstić information content (AvgIpc) is 3.45. The van der Waals surface area contributed by atoms with Crippen LogP contribution in [-0.4, -0.2) is 32.9 Å². The Morgan fingerprint density at radius 1 is 1.00 bits per heavy atom. The van der Waals surface area contributed by atoms with E-state index in [4.69, 9.17) is 0 Å². The first-order valence-electron chi connectivity index (χ1n) is 9.69. The summed E-state index contributed by atoms with van der Waals surface area (Å²) in [4.78, 5) is 24.4. The molecule has 0 unspecified atom stereocenters.